The van der Waals surface area contributed by atoms with Crippen LogP contribution in [-0.2, 0) is 11.3 Å². The van der Waals surface area contributed by atoms with Crippen LogP contribution in [0.3, 0.4) is 0 Å². The fourth-order valence-corrected chi connectivity index (χ4v) is 2.21. The Morgan fingerprint density at radius 3 is 2.48 bits per heavy atom. The third kappa shape index (κ3) is 4.72. The van der Waals surface area contributed by atoms with Gasteiger partial charge in [-0.15, -0.1) is 0 Å². The van der Waals surface area contributed by atoms with Gasteiger partial charge in [-0.2, -0.15) is 0 Å². The van der Waals surface area contributed by atoms with E-state index in [9.17, 15) is 9.90 Å². The second-order valence-corrected chi connectivity index (χ2v) is 5.18. The van der Waals surface area contributed by atoms with E-state index in [2.05, 4.69) is 5.32 Å². The van der Waals surface area contributed by atoms with Crippen molar-refractivity contribution in [2.24, 2.45) is 0 Å². The predicted octanol–water partition coefficient (Wildman–Crippen LogP) is 3.04. The van der Waals surface area contributed by atoms with Crippen molar-refractivity contribution in [1.82, 2.24) is 5.32 Å². The van der Waals surface area contributed by atoms with Crippen LogP contribution in [0.15, 0.2) is 54.6 Å². The fraction of sp³-hybridized carbons (Fsp3) is 0.278. The molecule has 0 fully saturated rings. The topological polar surface area (TPSA) is 67.8 Å². The van der Waals surface area contributed by atoms with Gasteiger partial charge < -0.3 is 19.9 Å². The molecule has 0 saturated heterocycles. The third-order valence-electron chi connectivity index (χ3n) is 3.49. The molecular weight excluding hydrogens is 294 g/mol. The summed E-state index contributed by atoms with van der Waals surface area (Å²) in [6, 6.07) is 16.0. The number of amides is 1. The van der Waals surface area contributed by atoms with Gasteiger partial charge in [0, 0.05) is 5.56 Å². The molecule has 0 bridgehead atoms. The molecule has 5 heteroatoms. The monoisotopic (exact) mass is 315 g/mol. The molecule has 0 aromatic heterocycles. The van der Waals surface area contributed by atoms with Crippen LogP contribution in [0.5, 0.6) is 5.75 Å². The number of nitrogens with one attached hydrogen (secondary N) is 1. The van der Waals surface area contributed by atoms with Crippen molar-refractivity contribution >= 4 is 6.09 Å². The molecule has 0 radical (unpaired) electrons. The number of ether oxygens (including phenoxy) is 2. The van der Waals surface area contributed by atoms with Gasteiger partial charge in [0.25, 0.3) is 0 Å². The van der Waals surface area contributed by atoms with Gasteiger partial charge in [0.15, 0.2) is 0 Å². The minimum Gasteiger partial charge on any atom is -0.496 e. The maximum absolute atomic E-state index is 11.8. The van der Waals surface area contributed by atoms with Crippen LogP contribution in [0.1, 0.15) is 24.2 Å². The third-order valence-corrected chi connectivity index (χ3v) is 3.49. The highest BCUT2D eigenvalue weighted by molar-refractivity contribution is 5.67. The molecule has 2 N–H and O–H groups in total. The number of hydrogen-bond donors (Lipinski definition) is 2. The number of para-hydroxylation sites is 1. The lowest BCUT2D eigenvalue weighted by Gasteiger charge is -2.22. The van der Waals surface area contributed by atoms with Crippen LogP contribution in [0.4, 0.5) is 4.79 Å². The smallest absolute Gasteiger partial charge is 0.407 e. The Labute approximate surface area is 135 Å². The van der Waals surface area contributed by atoms with Gasteiger partial charge in [-0.1, -0.05) is 48.5 Å². The van der Waals surface area contributed by atoms with E-state index in [1.807, 2.05) is 42.5 Å². The highest BCUT2D eigenvalue weighted by atomic mass is 16.5. The SMILES string of the molecule is COc1ccccc1[C@@H](O)[C@H](C)NC(=O)OCc1ccccc1. The summed E-state index contributed by atoms with van der Waals surface area (Å²) < 4.78 is 10.4. The van der Waals surface area contributed by atoms with Gasteiger partial charge >= 0.3 is 6.09 Å². The molecule has 122 valence electrons. The molecule has 5 nitrogen and oxygen atoms in total. The lowest BCUT2D eigenvalue weighted by molar-refractivity contribution is 0.105. The molecule has 0 saturated carbocycles. The highest BCUT2D eigenvalue weighted by Gasteiger charge is 2.21. The summed E-state index contributed by atoms with van der Waals surface area (Å²) in [6.45, 7) is 1.89. The number of carbonyl (C=O) groups is 1. The van der Waals surface area contributed by atoms with Crippen molar-refractivity contribution in [1.29, 1.82) is 0 Å². The van der Waals surface area contributed by atoms with Crippen LogP contribution in [0.25, 0.3) is 0 Å². The average Bonchev–Trinajstić information content (AvgIpc) is 2.60. The van der Waals surface area contributed by atoms with E-state index >= 15 is 0 Å². The Balaban J connectivity index is 1.90. The number of rotatable bonds is 6. The zero-order chi connectivity index (χ0) is 16.7. The van der Waals surface area contributed by atoms with Gasteiger partial charge in [0.2, 0.25) is 0 Å². The molecule has 0 heterocycles. The van der Waals surface area contributed by atoms with E-state index in [1.54, 1.807) is 19.1 Å². The Hall–Kier alpha value is -2.53. The van der Waals surface area contributed by atoms with Crippen molar-refractivity contribution in [3.8, 4) is 5.75 Å². The first-order valence-electron chi connectivity index (χ1n) is 7.40. The summed E-state index contributed by atoms with van der Waals surface area (Å²) in [6.07, 6.45) is -1.47. The van der Waals surface area contributed by atoms with Crippen molar-refractivity contribution in [3.63, 3.8) is 0 Å². The summed E-state index contributed by atoms with van der Waals surface area (Å²) in [5, 5.41) is 13.0. The zero-order valence-electron chi connectivity index (χ0n) is 13.2. The van der Waals surface area contributed by atoms with E-state index < -0.39 is 18.2 Å². The van der Waals surface area contributed by atoms with Crippen molar-refractivity contribution in [2.75, 3.05) is 7.11 Å². The number of aliphatic hydroxyl groups excluding tert-OH is 1. The molecule has 0 aliphatic carbocycles. The molecule has 0 aliphatic rings. The Kier molecular flexibility index (Phi) is 6.00. The van der Waals surface area contributed by atoms with Crippen LogP contribution in [0.2, 0.25) is 0 Å². The average molecular weight is 315 g/mol. The first-order valence-corrected chi connectivity index (χ1v) is 7.40. The minimum atomic E-state index is -0.893. The maximum atomic E-state index is 11.8. The molecule has 23 heavy (non-hydrogen) atoms. The molecule has 2 atom stereocenters. The molecule has 2 aromatic carbocycles. The molecule has 0 aliphatic heterocycles. The van der Waals surface area contributed by atoms with Crippen LogP contribution in [0, 0.1) is 0 Å². The molecule has 2 aromatic rings. The van der Waals surface area contributed by atoms with Gasteiger partial charge in [0.05, 0.1) is 13.2 Å². The number of hydrogen-bond acceptors (Lipinski definition) is 4. The van der Waals surface area contributed by atoms with E-state index in [0.717, 1.165) is 5.56 Å². The molecule has 1 amide bonds. The highest BCUT2D eigenvalue weighted by Crippen LogP contribution is 2.26. The predicted molar refractivity (Wildman–Crippen MR) is 87.2 cm³/mol. The minimum absolute atomic E-state index is 0.185. The van der Waals surface area contributed by atoms with Crippen molar-refractivity contribution in [3.05, 3.63) is 65.7 Å². The molecule has 0 spiro atoms. The first-order chi connectivity index (χ1) is 11.1. The van der Waals surface area contributed by atoms with E-state index in [4.69, 9.17) is 9.47 Å². The number of methoxy groups -OCH3 is 1. The second-order valence-electron chi connectivity index (χ2n) is 5.18. The molecule has 0 unspecified atom stereocenters. The lowest BCUT2D eigenvalue weighted by Crippen LogP contribution is -2.37. The Morgan fingerprint density at radius 1 is 1.13 bits per heavy atom. The van der Waals surface area contributed by atoms with Crippen LogP contribution in [-0.4, -0.2) is 24.4 Å². The van der Waals surface area contributed by atoms with Gasteiger partial charge in [-0.3, -0.25) is 0 Å². The van der Waals surface area contributed by atoms with Crippen molar-refractivity contribution in [2.45, 2.75) is 25.7 Å². The van der Waals surface area contributed by atoms with Crippen molar-refractivity contribution < 1.29 is 19.4 Å². The number of benzene rings is 2. The maximum Gasteiger partial charge on any atom is 0.407 e. The molecule has 2 rings (SSSR count). The number of alkyl carbamates (subject to hydrolysis) is 1. The summed E-state index contributed by atoms with van der Waals surface area (Å²) in [7, 11) is 1.54. The Bertz CT molecular complexity index is 630. The normalized spacial score (nSPS) is 13.0. The largest absolute Gasteiger partial charge is 0.496 e. The summed E-state index contributed by atoms with van der Waals surface area (Å²) in [4.78, 5) is 11.8. The van der Waals surface area contributed by atoms with E-state index in [0.29, 0.717) is 11.3 Å². The summed E-state index contributed by atoms with van der Waals surface area (Å²) in [5.74, 6) is 0.575. The van der Waals surface area contributed by atoms with E-state index in [1.165, 1.54) is 7.11 Å². The standard InChI is InChI=1S/C18H21NO4/c1-13(17(20)15-10-6-7-11-16(15)22-2)19-18(21)23-12-14-8-4-3-5-9-14/h3-11,13,17,20H,12H2,1-2H3,(H,19,21)/t13-,17-/m0/s1. The van der Waals surface area contributed by atoms with Crippen LogP contribution >= 0.6 is 0 Å². The van der Waals surface area contributed by atoms with Gasteiger partial charge in [-0.05, 0) is 18.6 Å². The number of aliphatic hydroxyl groups is 1. The van der Waals surface area contributed by atoms with E-state index in [-0.39, 0.29) is 6.61 Å². The fourth-order valence-electron chi connectivity index (χ4n) is 2.21. The quantitative estimate of drug-likeness (QED) is 0.860. The Morgan fingerprint density at radius 2 is 1.78 bits per heavy atom. The van der Waals surface area contributed by atoms with Gasteiger partial charge in [-0.25, -0.2) is 4.79 Å². The second kappa shape index (κ2) is 8.19. The van der Waals surface area contributed by atoms with Crippen LogP contribution < -0.4 is 10.1 Å². The summed E-state index contributed by atoms with van der Waals surface area (Å²) in [5.41, 5.74) is 1.52. The number of carbonyl (C=O) groups excluding carboxylic acids is 1. The molecular formula is C18H21NO4. The zero-order valence-corrected chi connectivity index (χ0v) is 13.2. The lowest BCUT2D eigenvalue weighted by atomic mass is 10.0. The summed E-state index contributed by atoms with van der Waals surface area (Å²) >= 11 is 0. The first kappa shape index (κ1) is 16.8. The van der Waals surface area contributed by atoms with Gasteiger partial charge in [0.1, 0.15) is 18.5 Å².